The normalized spacial score (nSPS) is 18.1. The minimum atomic E-state index is 0.539. The molecule has 1 heterocycles. The first-order valence-corrected chi connectivity index (χ1v) is 7.36. The Morgan fingerprint density at radius 2 is 1.68 bits per heavy atom. The second-order valence-electron chi connectivity index (χ2n) is 5.88. The summed E-state index contributed by atoms with van der Waals surface area (Å²) in [5.41, 5.74) is 2.91. The summed E-state index contributed by atoms with van der Waals surface area (Å²) in [5.74, 6) is 0. The number of piperazine rings is 1. The Morgan fingerprint density at radius 1 is 1.05 bits per heavy atom. The third-order valence-electron chi connectivity index (χ3n) is 3.81. The second kappa shape index (κ2) is 7.04. The first-order valence-electron chi connectivity index (χ1n) is 7.36. The standard InChI is InChI=1S/C16H27N3/c1-14(2)17-12-15-6-4-5-7-16(15)13-19-10-8-18(3)9-11-19/h4-7,14,17H,8-13H2,1-3H3. The number of hydrogen-bond acceptors (Lipinski definition) is 3. The molecule has 1 saturated heterocycles. The van der Waals surface area contributed by atoms with Crippen LogP contribution in [0.3, 0.4) is 0 Å². The summed E-state index contributed by atoms with van der Waals surface area (Å²) in [6, 6.07) is 9.36. The molecule has 0 aliphatic carbocycles. The molecule has 3 nitrogen and oxygen atoms in total. The average molecular weight is 261 g/mol. The van der Waals surface area contributed by atoms with Gasteiger partial charge in [0.2, 0.25) is 0 Å². The van der Waals surface area contributed by atoms with Gasteiger partial charge >= 0.3 is 0 Å². The Hall–Kier alpha value is -0.900. The summed E-state index contributed by atoms with van der Waals surface area (Å²) < 4.78 is 0. The van der Waals surface area contributed by atoms with E-state index in [9.17, 15) is 0 Å². The molecule has 0 unspecified atom stereocenters. The van der Waals surface area contributed by atoms with E-state index in [2.05, 4.69) is 60.3 Å². The Bertz CT molecular complexity index is 381. The number of nitrogens with zero attached hydrogens (tertiary/aromatic N) is 2. The first kappa shape index (κ1) is 14.5. The largest absolute Gasteiger partial charge is 0.310 e. The van der Waals surface area contributed by atoms with Crippen molar-refractivity contribution in [1.29, 1.82) is 0 Å². The van der Waals surface area contributed by atoms with Crippen molar-refractivity contribution in [1.82, 2.24) is 15.1 Å². The lowest BCUT2D eigenvalue weighted by atomic mass is 10.1. The zero-order valence-corrected chi connectivity index (χ0v) is 12.5. The van der Waals surface area contributed by atoms with Crippen molar-refractivity contribution in [3.05, 3.63) is 35.4 Å². The third kappa shape index (κ3) is 4.60. The lowest BCUT2D eigenvalue weighted by molar-refractivity contribution is 0.148. The van der Waals surface area contributed by atoms with E-state index in [-0.39, 0.29) is 0 Å². The molecule has 1 aliphatic heterocycles. The summed E-state index contributed by atoms with van der Waals surface area (Å²) in [6.07, 6.45) is 0. The fourth-order valence-corrected chi connectivity index (χ4v) is 2.45. The number of rotatable bonds is 5. The van der Waals surface area contributed by atoms with Crippen LogP contribution in [0.1, 0.15) is 25.0 Å². The van der Waals surface area contributed by atoms with Crippen molar-refractivity contribution in [3.8, 4) is 0 Å². The first-order chi connectivity index (χ1) is 9.15. The van der Waals surface area contributed by atoms with E-state index < -0.39 is 0 Å². The maximum Gasteiger partial charge on any atom is 0.0238 e. The van der Waals surface area contributed by atoms with E-state index in [0.717, 1.165) is 13.1 Å². The molecule has 1 aromatic carbocycles. The van der Waals surface area contributed by atoms with Gasteiger partial charge in [-0.15, -0.1) is 0 Å². The number of benzene rings is 1. The smallest absolute Gasteiger partial charge is 0.0238 e. The van der Waals surface area contributed by atoms with Crippen molar-refractivity contribution in [2.45, 2.75) is 33.0 Å². The second-order valence-corrected chi connectivity index (χ2v) is 5.88. The molecule has 0 atom stereocenters. The lowest BCUT2D eigenvalue weighted by Gasteiger charge is -2.32. The molecular weight excluding hydrogens is 234 g/mol. The molecule has 106 valence electrons. The zero-order valence-electron chi connectivity index (χ0n) is 12.5. The van der Waals surface area contributed by atoms with Crippen LogP contribution in [0, 0.1) is 0 Å². The molecule has 1 aliphatic rings. The molecule has 1 N–H and O–H groups in total. The van der Waals surface area contributed by atoms with Crippen molar-refractivity contribution < 1.29 is 0 Å². The highest BCUT2D eigenvalue weighted by Gasteiger charge is 2.15. The number of hydrogen-bond donors (Lipinski definition) is 1. The van der Waals surface area contributed by atoms with Gasteiger partial charge in [-0.2, -0.15) is 0 Å². The molecule has 1 fully saturated rings. The quantitative estimate of drug-likeness (QED) is 0.874. The Labute approximate surface area is 117 Å². The molecule has 0 spiro atoms. The number of likely N-dealkylation sites (N-methyl/N-ethyl adjacent to an activating group) is 1. The average Bonchev–Trinajstić information content (AvgIpc) is 2.40. The van der Waals surface area contributed by atoms with Crippen molar-refractivity contribution in [3.63, 3.8) is 0 Å². The fraction of sp³-hybridized carbons (Fsp3) is 0.625. The van der Waals surface area contributed by atoms with Gasteiger partial charge in [0.25, 0.3) is 0 Å². The monoisotopic (exact) mass is 261 g/mol. The Balaban J connectivity index is 1.95. The van der Waals surface area contributed by atoms with E-state index in [4.69, 9.17) is 0 Å². The predicted octanol–water partition coefficient (Wildman–Crippen LogP) is 1.93. The molecule has 0 aromatic heterocycles. The van der Waals surface area contributed by atoms with Crippen LogP contribution in [0.2, 0.25) is 0 Å². The minimum Gasteiger partial charge on any atom is -0.310 e. The summed E-state index contributed by atoms with van der Waals surface area (Å²) in [6.45, 7) is 11.2. The summed E-state index contributed by atoms with van der Waals surface area (Å²) >= 11 is 0. The van der Waals surface area contributed by atoms with Gasteiger partial charge in [-0.1, -0.05) is 38.1 Å². The Morgan fingerprint density at radius 3 is 2.32 bits per heavy atom. The van der Waals surface area contributed by atoms with Crippen LogP contribution >= 0.6 is 0 Å². The van der Waals surface area contributed by atoms with E-state index in [1.165, 1.54) is 37.3 Å². The van der Waals surface area contributed by atoms with Crippen molar-refractivity contribution in [2.75, 3.05) is 33.2 Å². The van der Waals surface area contributed by atoms with Gasteiger partial charge in [0, 0.05) is 45.3 Å². The molecule has 0 bridgehead atoms. The molecule has 0 saturated carbocycles. The minimum absolute atomic E-state index is 0.539. The van der Waals surface area contributed by atoms with Crippen molar-refractivity contribution in [2.24, 2.45) is 0 Å². The highest BCUT2D eigenvalue weighted by molar-refractivity contribution is 5.27. The lowest BCUT2D eigenvalue weighted by Crippen LogP contribution is -2.44. The van der Waals surface area contributed by atoms with Gasteiger partial charge < -0.3 is 10.2 Å². The van der Waals surface area contributed by atoms with E-state index in [1.54, 1.807) is 0 Å². The van der Waals surface area contributed by atoms with Gasteiger partial charge in [0.1, 0.15) is 0 Å². The molecular formula is C16H27N3. The zero-order chi connectivity index (χ0) is 13.7. The summed E-state index contributed by atoms with van der Waals surface area (Å²) in [7, 11) is 2.21. The SMILES string of the molecule is CC(C)NCc1ccccc1CN1CCN(C)CC1. The summed E-state index contributed by atoms with van der Waals surface area (Å²) in [5, 5.41) is 3.52. The molecule has 1 aromatic rings. The molecule has 0 amide bonds. The van der Waals surface area contributed by atoms with E-state index in [0.29, 0.717) is 6.04 Å². The highest BCUT2D eigenvalue weighted by Crippen LogP contribution is 2.13. The van der Waals surface area contributed by atoms with Crippen LogP contribution in [0.25, 0.3) is 0 Å². The Kier molecular flexibility index (Phi) is 5.37. The van der Waals surface area contributed by atoms with Crippen LogP contribution < -0.4 is 5.32 Å². The van der Waals surface area contributed by atoms with Gasteiger partial charge in [-0.25, -0.2) is 0 Å². The predicted molar refractivity (Wildman–Crippen MR) is 81.2 cm³/mol. The summed E-state index contributed by atoms with van der Waals surface area (Å²) in [4.78, 5) is 4.97. The van der Waals surface area contributed by atoms with Crippen molar-refractivity contribution >= 4 is 0 Å². The number of nitrogens with one attached hydrogen (secondary N) is 1. The fourth-order valence-electron chi connectivity index (χ4n) is 2.45. The topological polar surface area (TPSA) is 18.5 Å². The van der Waals surface area contributed by atoms with E-state index >= 15 is 0 Å². The van der Waals surface area contributed by atoms with Gasteiger partial charge in [-0.3, -0.25) is 4.90 Å². The van der Waals surface area contributed by atoms with E-state index in [1.807, 2.05) is 0 Å². The van der Waals surface area contributed by atoms with Gasteiger partial charge in [0.15, 0.2) is 0 Å². The molecule has 2 rings (SSSR count). The van der Waals surface area contributed by atoms with Crippen LogP contribution in [0.5, 0.6) is 0 Å². The van der Waals surface area contributed by atoms with Crippen LogP contribution in [0.15, 0.2) is 24.3 Å². The van der Waals surface area contributed by atoms with Crippen LogP contribution in [0.4, 0.5) is 0 Å². The maximum atomic E-state index is 3.52. The highest BCUT2D eigenvalue weighted by atomic mass is 15.2. The van der Waals surface area contributed by atoms with Gasteiger partial charge in [-0.05, 0) is 18.2 Å². The third-order valence-corrected chi connectivity index (χ3v) is 3.81. The van der Waals surface area contributed by atoms with Gasteiger partial charge in [0.05, 0.1) is 0 Å². The molecule has 0 radical (unpaired) electrons. The molecule has 3 heteroatoms. The van der Waals surface area contributed by atoms with Crippen LogP contribution in [-0.2, 0) is 13.1 Å². The van der Waals surface area contributed by atoms with Crippen LogP contribution in [-0.4, -0.2) is 49.1 Å². The maximum absolute atomic E-state index is 3.52. The molecule has 19 heavy (non-hydrogen) atoms.